The summed E-state index contributed by atoms with van der Waals surface area (Å²) in [6.45, 7) is 0.565. The topological polar surface area (TPSA) is 83.9 Å². The molecular formula is C14H19NO5S. The Morgan fingerprint density at radius 2 is 2.24 bits per heavy atom. The molecule has 0 bridgehead atoms. The van der Waals surface area contributed by atoms with Crippen molar-refractivity contribution in [2.45, 2.75) is 24.7 Å². The molecule has 7 heteroatoms. The molecule has 21 heavy (non-hydrogen) atoms. The number of carbonyl (C=O) groups excluding carboxylic acids is 1. The first kappa shape index (κ1) is 15.9. The molecule has 116 valence electrons. The molecule has 0 aromatic heterocycles. The number of nitrogens with zero attached hydrogens (tertiary/aromatic N) is 1. The number of rotatable bonds is 4. The molecule has 1 heterocycles. The van der Waals surface area contributed by atoms with E-state index in [-0.39, 0.29) is 12.3 Å². The standard InChI is InChI=1S/C14H19NO5S/c1-20-14(17)12-5-2-4-11(8-12)10-21(18,19)15-7-3-6-13(16)9-15/h2,4-5,8,13,16H,3,6-7,9-10H2,1H3/t13-/m0/s1. The third-order valence-corrected chi connectivity index (χ3v) is 5.27. The van der Waals surface area contributed by atoms with Crippen LogP contribution in [0.2, 0.25) is 0 Å². The molecule has 1 aliphatic rings. The van der Waals surface area contributed by atoms with E-state index in [1.807, 2.05) is 0 Å². The Bertz CT molecular complexity index is 614. The van der Waals surface area contributed by atoms with Gasteiger partial charge in [0.1, 0.15) is 0 Å². The Morgan fingerprint density at radius 1 is 1.48 bits per heavy atom. The maximum Gasteiger partial charge on any atom is 0.337 e. The van der Waals surface area contributed by atoms with Crippen LogP contribution in [0.3, 0.4) is 0 Å². The minimum atomic E-state index is -3.50. The summed E-state index contributed by atoms with van der Waals surface area (Å²) in [5, 5.41) is 9.59. The number of aliphatic hydroxyl groups excluding tert-OH is 1. The highest BCUT2D eigenvalue weighted by Gasteiger charge is 2.28. The van der Waals surface area contributed by atoms with Crippen LogP contribution in [0.5, 0.6) is 0 Å². The van der Waals surface area contributed by atoms with Crippen molar-refractivity contribution in [1.29, 1.82) is 0 Å². The van der Waals surface area contributed by atoms with E-state index in [0.717, 1.165) is 0 Å². The summed E-state index contributed by atoms with van der Waals surface area (Å²) >= 11 is 0. The molecule has 1 fully saturated rings. The molecule has 1 aromatic rings. The van der Waals surface area contributed by atoms with Gasteiger partial charge >= 0.3 is 5.97 Å². The van der Waals surface area contributed by atoms with Gasteiger partial charge < -0.3 is 9.84 Å². The van der Waals surface area contributed by atoms with Crippen molar-refractivity contribution in [3.05, 3.63) is 35.4 Å². The highest BCUT2D eigenvalue weighted by Crippen LogP contribution is 2.18. The summed E-state index contributed by atoms with van der Waals surface area (Å²) in [6, 6.07) is 6.38. The van der Waals surface area contributed by atoms with Crippen LogP contribution < -0.4 is 0 Å². The van der Waals surface area contributed by atoms with Gasteiger partial charge in [-0.2, -0.15) is 4.31 Å². The lowest BCUT2D eigenvalue weighted by Gasteiger charge is -2.29. The molecule has 0 saturated carbocycles. The van der Waals surface area contributed by atoms with Gasteiger partial charge in [0.25, 0.3) is 0 Å². The first-order chi connectivity index (χ1) is 9.92. The molecule has 6 nitrogen and oxygen atoms in total. The minimum absolute atomic E-state index is 0.138. The quantitative estimate of drug-likeness (QED) is 0.830. The number of hydrogen-bond donors (Lipinski definition) is 1. The van der Waals surface area contributed by atoms with Crippen LogP contribution in [0, 0.1) is 0 Å². The van der Waals surface area contributed by atoms with Gasteiger partial charge in [-0.15, -0.1) is 0 Å². The molecule has 1 aliphatic heterocycles. The maximum absolute atomic E-state index is 12.3. The van der Waals surface area contributed by atoms with E-state index in [2.05, 4.69) is 4.74 Å². The predicted molar refractivity (Wildman–Crippen MR) is 77.2 cm³/mol. The van der Waals surface area contributed by atoms with Crippen molar-refractivity contribution in [3.63, 3.8) is 0 Å². The summed E-state index contributed by atoms with van der Waals surface area (Å²) in [6.07, 6.45) is 0.682. The molecule has 0 unspecified atom stereocenters. The molecular weight excluding hydrogens is 294 g/mol. The van der Waals surface area contributed by atoms with Crippen molar-refractivity contribution < 1.29 is 23.1 Å². The molecule has 2 rings (SSSR count). The van der Waals surface area contributed by atoms with Gasteiger partial charge in [0, 0.05) is 13.1 Å². The van der Waals surface area contributed by atoms with E-state index in [4.69, 9.17) is 0 Å². The lowest BCUT2D eigenvalue weighted by molar-refractivity contribution is 0.0600. The van der Waals surface area contributed by atoms with E-state index >= 15 is 0 Å². The molecule has 1 atom stereocenters. The lowest BCUT2D eigenvalue weighted by atomic mass is 10.1. The minimum Gasteiger partial charge on any atom is -0.465 e. The molecule has 1 saturated heterocycles. The monoisotopic (exact) mass is 313 g/mol. The first-order valence-corrected chi connectivity index (χ1v) is 8.36. The van der Waals surface area contributed by atoms with E-state index in [1.165, 1.54) is 17.5 Å². The van der Waals surface area contributed by atoms with Crippen LogP contribution >= 0.6 is 0 Å². The van der Waals surface area contributed by atoms with Crippen molar-refractivity contribution in [2.24, 2.45) is 0 Å². The molecule has 0 amide bonds. The summed E-state index contributed by atoms with van der Waals surface area (Å²) in [5.41, 5.74) is 0.849. The van der Waals surface area contributed by atoms with Gasteiger partial charge in [0.2, 0.25) is 10.0 Å². The number of hydrogen-bond acceptors (Lipinski definition) is 5. The highest BCUT2D eigenvalue weighted by atomic mass is 32.2. The second-order valence-electron chi connectivity index (χ2n) is 5.10. The second-order valence-corrected chi connectivity index (χ2v) is 7.07. The third-order valence-electron chi connectivity index (χ3n) is 3.45. The number of ether oxygens (including phenoxy) is 1. The average molecular weight is 313 g/mol. The normalized spacial score (nSPS) is 20.2. The fourth-order valence-corrected chi connectivity index (χ4v) is 3.97. The second kappa shape index (κ2) is 6.55. The largest absolute Gasteiger partial charge is 0.465 e. The fraction of sp³-hybridized carbons (Fsp3) is 0.500. The predicted octanol–water partition coefficient (Wildman–Crippen LogP) is 0.760. The van der Waals surface area contributed by atoms with Crippen LogP contribution in [0.15, 0.2) is 24.3 Å². The van der Waals surface area contributed by atoms with Gasteiger partial charge in [-0.1, -0.05) is 12.1 Å². The Labute approximate surface area is 124 Å². The van der Waals surface area contributed by atoms with Crippen molar-refractivity contribution >= 4 is 16.0 Å². The number of benzene rings is 1. The van der Waals surface area contributed by atoms with Gasteiger partial charge in [-0.25, -0.2) is 13.2 Å². The highest BCUT2D eigenvalue weighted by molar-refractivity contribution is 7.88. The van der Waals surface area contributed by atoms with Crippen LogP contribution in [-0.4, -0.2) is 50.1 Å². The van der Waals surface area contributed by atoms with E-state index in [0.29, 0.717) is 30.5 Å². The Kier molecular flexibility index (Phi) is 4.97. The van der Waals surface area contributed by atoms with Crippen molar-refractivity contribution in [2.75, 3.05) is 20.2 Å². The van der Waals surface area contributed by atoms with Crippen molar-refractivity contribution in [1.82, 2.24) is 4.31 Å². The van der Waals surface area contributed by atoms with E-state index < -0.39 is 22.1 Å². The van der Waals surface area contributed by atoms with Crippen LogP contribution in [0.4, 0.5) is 0 Å². The zero-order valence-electron chi connectivity index (χ0n) is 11.9. The Hall–Kier alpha value is -1.44. The van der Waals surface area contributed by atoms with E-state index in [1.54, 1.807) is 18.2 Å². The maximum atomic E-state index is 12.3. The Balaban J connectivity index is 2.14. The Morgan fingerprint density at radius 3 is 2.90 bits per heavy atom. The van der Waals surface area contributed by atoms with Gasteiger partial charge in [-0.05, 0) is 30.5 Å². The van der Waals surface area contributed by atoms with Gasteiger partial charge in [0.05, 0.1) is 24.5 Å². The van der Waals surface area contributed by atoms with Gasteiger partial charge in [-0.3, -0.25) is 0 Å². The number of aliphatic hydroxyl groups is 1. The number of esters is 1. The zero-order chi connectivity index (χ0) is 15.5. The molecule has 0 spiro atoms. The number of methoxy groups -OCH3 is 1. The molecule has 0 radical (unpaired) electrons. The summed E-state index contributed by atoms with van der Waals surface area (Å²) in [4.78, 5) is 11.5. The summed E-state index contributed by atoms with van der Waals surface area (Å²) < 4.78 is 30.6. The van der Waals surface area contributed by atoms with Crippen molar-refractivity contribution in [3.8, 4) is 0 Å². The number of sulfonamides is 1. The van der Waals surface area contributed by atoms with Crippen LogP contribution in [0.1, 0.15) is 28.8 Å². The van der Waals surface area contributed by atoms with E-state index in [9.17, 15) is 18.3 Å². The summed E-state index contributed by atoms with van der Waals surface area (Å²) in [7, 11) is -2.22. The van der Waals surface area contributed by atoms with Gasteiger partial charge in [0.15, 0.2) is 0 Å². The SMILES string of the molecule is COC(=O)c1cccc(CS(=O)(=O)N2CCC[C@H](O)C2)c1. The third kappa shape index (κ3) is 4.03. The fourth-order valence-electron chi connectivity index (χ4n) is 2.38. The van der Waals surface area contributed by atoms with Crippen LogP contribution in [0.25, 0.3) is 0 Å². The first-order valence-electron chi connectivity index (χ1n) is 6.75. The molecule has 1 aromatic carbocycles. The number of piperidine rings is 1. The zero-order valence-corrected chi connectivity index (χ0v) is 12.7. The molecule has 1 N–H and O–H groups in total. The number of carbonyl (C=O) groups is 1. The summed E-state index contributed by atoms with van der Waals surface area (Å²) in [5.74, 6) is -0.687. The smallest absolute Gasteiger partial charge is 0.337 e. The number of β-amino-alcohol motifs (C(OH)–C–C–N with tert-alkyl or cyclic N) is 1. The van der Waals surface area contributed by atoms with Crippen LogP contribution in [-0.2, 0) is 20.5 Å². The lowest BCUT2D eigenvalue weighted by Crippen LogP contribution is -2.42. The molecule has 0 aliphatic carbocycles. The average Bonchev–Trinajstić information content (AvgIpc) is 2.46.